The fourth-order valence-corrected chi connectivity index (χ4v) is 3.36. The molecule has 1 unspecified atom stereocenters. The quantitative estimate of drug-likeness (QED) is 0.598. The maximum absolute atomic E-state index is 14.1. The highest BCUT2D eigenvalue weighted by Crippen LogP contribution is 2.25. The number of carbonyl (C=O) groups excluding carboxylic acids is 1. The van der Waals surface area contributed by atoms with Crippen LogP contribution >= 0.6 is 0 Å². The van der Waals surface area contributed by atoms with E-state index < -0.39 is 6.10 Å². The first-order chi connectivity index (χ1) is 15.0. The number of amides is 1. The molecular weight excluding hydrogens is 401 g/mol. The molecule has 1 amide bonds. The highest BCUT2D eigenvalue weighted by molar-refractivity contribution is 5.76. The maximum Gasteiger partial charge on any atom is 0.223 e. The van der Waals surface area contributed by atoms with Crippen molar-refractivity contribution in [2.75, 3.05) is 19.7 Å². The van der Waals surface area contributed by atoms with E-state index in [0.717, 1.165) is 0 Å². The summed E-state index contributed by atoms with van der Waals surface area (Å²) in [6.45, 7) is 5.19. The molecule has 1 saturated heterocycles. The van der Waals surface area contributed by atoms with Gasteiger partial charge in [0.25, 0.3) is 0 Å². The van der Waals surface area contributed by atoms with Crippen molar-refractivity contribution in [2.24, 2.45) is 0 Å². The summed E-state index contributed by atoms with van der Waals surface area (Å²) < 4.78 is 25.5. The predicted molar refractivity (Wildman–Crippen MR) is 109 cm³/mol. The Kier molecular flexibility index (Phi) is 6.31. The standard InChI is InChI=1S/C22H24FN5O3/c1-14(2)22-27-26-20(31-22)7-8-21(29)28-9-10-30-19(13-28)18-12-24-11-17(25-18)15-5-3-4-6-16(15)23/h3-6,11-12,14,19H,7-10,13H2,1-2H3. The molecule has 0 saturated carbocycles. The highest BCUT2D eigenvalue weighted by Gasteiger charge is 2.27. The summed E-state index contributed by atoms with van der Waals surface area (Å²) in [5.41, 5.74) is 1.37. The molecule has 31 heavy (non-hydrogen) atoms. The molecule has 1 aromatic carbocycles. The van der Waals surface area contributed by atoms with Gasteiger partial charge in [0.1, 0.15) is 11.9 Å². The third-order valence-electron chi connectivity index (χ3n) is 5.08. The summed E-state index contributed by atoms with van der Waals surface area (Å²) in [5, 5.41) is 8.00. The lowest BCUT2D eigenvalue weighted by molar-refractivity contribution is -0.139. The molecule has 162 valence electrons. The molecule has 8 nitrogen and oxygen atoms in total. The van der Waals surface area contributed by atoms with Gasteiger partial charge in [-0.3, -0.25) is 9.78 Å². The molecule has 2 aromatic heterocycles. The molecule has 1 aliphatic rings. The van der Waals surface area contributed by atoms with Gasteiger partial charge in [-0.25, -0.2) is 9.37 Å². The van der Waals surface area contributed by atoms with Gasteiger partial charge in [-0.05, 0) is 12.1 Å². The number of morpholine rings is 1. The van der Waals surface area contributed by atoms with E-state index in [1.165, 1.54) is 12.3 Å². The van der Waals surface area contributed by atoms with Gasteiger partial charge in [-0.1, -0.05) is 26.0 Å². The Morgan fingerprint density at radius 3 is 2.87 bits per heavy atom. The van der Waals surface area contributed by atoms with E-state index in [4.69, 9.17) is 9.15 Å². The molecule has 0 aliphatic carbocycles. The zero-order valence-electron chi connectivity index (χ0n) is 17.5. The summed E-state index contributed by atoms with van der Waals surface area (Å²) in [7, 11) is 0. The van der Waals surface area contributed by atoms with Gasteiger partial charge in [0.05, 0.1) is 36.9 Å². The molecule has 9 heteroatoms. The molecule has 0 radical (unpaired) electrons. The molecule has 0 N–H and O–H groups in total. The zero-order valence-corrected chi connectivity index (χ0v) is 17.5. The molecule has 1 atom stereocenters. The number of benzene rings is 1. The van der Waals surface area contributed by atoms with Gasteiger partial charge < -0.3 is 14.1 Å². The molecule has 0 spiro atoms. The largest absolute Gasteiger partial charge is 0.425 e. The molecule has 1 fully saturated rings. The lowest BCUT2D eigenvalue weighted by Gasteiger charge is -2.32. The van der Waals surface area contributed by atoms with Crippen molar-refractivity contribution in [2.45, 2.75) is 38.7 Å². The average molecular weight is 425 g/mol. The van der Waals surface area contributed by atoms with Crippen molar-refractivity contribution >= 4 is 5.91 Å². The van der Waals surface area contributed by atoms with E-state index in [1.807, 2.05) is 13.8 Å². The van der Waals surface area contributed by atoms with E-state index in [1.54, 1.807) is 29.3 Å². The summed E-state index contributed by atoms with van der Waals surface area (Å²) in [6, 6.07) is 6.41. The average Bonchev–Trinajstić information content (AvgIpc) is 3.27. The Bertz CT molecular complexity index is 1050. The van der Waals surface area contributed by atoms with Crippen LogP contribution in [0.3, 0.4) is 0 Å². The maximum atomic E-state index is 14.1. The Hall–Kier alpha value is -3.20. The highest BCUT2D eigenvalue weighted by atomic mass is 19.1. The van der Waals surface area contributed by atoms with Crippen molar-refractivity contribution in [3.8, 4) is 11.3 Å². The van der Waals surface area contributed by atoms with Crippen LogP contribution in [0, 0.1) is 5.82 Å². The van der Waals surface area contributed by atoms with Gasteiger partial charge in [0, 0.05) is 30.9 Å². The predicted octanol–water partition coefficient (Wildman–Crippen LogP) is 3.32. The van der Waals surface area contributed by atoms with Crippen LogP contribution in [0.1, 0.15) is 49.8 Å². The normalized spacial score (nSPS) is 16.6. The van der Waals surface area contributed by atoms with E-state index in [0.29, 0.717) is 54.8 Å². The van der Waals surface area contributed by atoms with Gasteiger partial charge in [-0.2, -0.15) is 0 Å². The second-order valence-electron chi connectivity index (χ2n) is 7.70. The molecule has 3 aromatic rings. The van der Waals surface area contributed by atoms with E-state index in [2.05, 4.69) is 20.2 Å². The van der Waals surface area contributed by atoms with Crippen LogP contribution in [0.15, 0.2) is 41.1 Å². The number of aryl methyl sites for hydroxylation is 1. The summed E-state index contributed by atoms with van der Waals surface area (Å²) >= 11 is 0. The lowest BCUT2D eigenvalue weighted by Crippen LogP contribution is -2.42. The van der Waals surface area contributed by atoms with E-state index >= 15 is 0 Å². The van der Waals surface area contributed by atoms with E-state index in [9.17, 15) is 9.18 Å². The zero-order chi connectivity index (χ0) is 21.8. The van der Waals surface area contributed by atoms with Crippen molar-refractivity contribution in [3.05, 3.63) is 60.0 Å². The lowest BCUT2D eigenvalue weighted by atomic mass is 10.1. The number of nitrogens with zero attached hydrogens (tertiary/aromatic N) is 5. The topological polar surface area (TPSA) is 94.2 Å². The van der Waals surface area contributed by atoms with Gasteiger partial charge in [0.15, 0.2) is 0 Å². The monoisotopic (exact) mass is 425 g/mol. The number of ether oxygens (including phenoxy) is 1. The van der Waals surface area contributed by atoms with Crippen LogP contribution in [0.5, 0.6) is 0 Å². The minimum absolute atomic E-state index is 0.0178. The minimum atomic E-state index is -0.423. The smallest absolute Gasteiger partial charge is 0.223 e. The Labute approximate surface area is 179 Å². The Morgan fingerprint density at radius 2 is 2.10 bits per heavy atom. The molecule has 3 heterocycles. The van der Waals surface area contributed by atoms with Crippen molar-refractivity contribution in [1.82, 2.24) is 25.1 Å². The van der Waals surface area contributed by atoms with Gasteiger partial charge in [-0.15, -0.1) is 10.2 Å². The molecule has 1 aliphatic heterocycles. The number of aromatic nitrogens is 4. The van der Waals surface area contributed by atoms with Crippen LogP contribution in [0.4, 0.5) is 4.39 Å². The summed E-state index contributed by atoms with van der Waals surface area (Å²) in [4.78, 5) is 23.2. The number of rotatable bonds is 6. The number of hydrogen-bond acceptors (Lipinski definition) is 7. The minimum Gasteiger partial charge on any atom is -0.425 e. The molecule has 4 rings (SSSR count). The van der Waals surface area contributed by atoms with Crippen molar-refractivity contribution in [1.29, 1.82) is 0 Å². The molecule has 0 bridgehead atoms. The SMILES string of the molecule is CC(C)c1nnc(CCC(=O)N2CCOC(c3cncc(-c4ccccc4F)n3)C2)o1. The summed E-state index contributed by atoms with van der Waals surface area (Å²) in [5.74, 6) is 0.804. The number of halogens is 1. The molecular formula is C22H24FN5O3. The second-order valence-corrected chi connectivity index (χ2v) is 7.70. The third-order valence-corrected chi connectivity index (χ3v) is 5.08. The Morgan fingerprint density at radius 1 is 1.26 bits per heavy atom. The summed E-state index contributed by atoms with van der Waals surface area (Å²) in [6.07, 6.45) is 3.35. The van der Waals surface area contributed by atoms with Gasteiger partial charge >= 0.3 is 0 Å². The van der Waals surface area contributed by atoms with Crippen LogP contribution in [-0.2, 0) is 16.0 Å². The third kappa shape index (κ3) is 4.93. The van der Waals surface area contributed by atoms with Crippen LogP contribution in [-0.4, -0.2) is 50.7 Å². The number of hydrogen-bond donors (Lipinski definition) is 0. The first-order valence-corrected chi connectivity index (χ1v) is 10.3. The first-order valence-electron chi connectivity index (χ1n) is 10.3. The van der Waals surface area contributed by atoms with Crippen molar-refractivity contribution in [3.63, 3.8) is 0 Å². The van der Waals surface area contributed by atoms with Crippen LogP contribution < -0.4 is 0 Å². The van der Waals surface area contributed by atoms with Crippen molar-refractivity contribution < 1.29 is 18.3 Å². The Balaban J connectivity index is 1.40. The van der Waals surface area contributed by atoms with Crippen LogP contribution in [0.2, 0.25) is 0 Å². The first kappa shape index (κ1) is 21.0. The van der Waals surface area contributed by atoms with Gasteiger partial charge in [0.2, 0.25) is 17.7 Å². The van der Waals surface area contributed by atoms with Crippen LogP contribution in [0.25, 0.3) is 11.3 Å². The fourth-order valence-electron chi connectivity index (χ4n) is 3.36. The second kappa shape index (κ2) is 9.30. The fraction of sp³-hybridized carbons (Fsp3) is 0.409. The number of carbonyl (C=O) groups is 1. The van der Waals surface area contributed by atoms with E-state index in [-0.39, 0.29) is 24.1 Å².